The van der Waals surface area contributed by atoms with Gasteiger partial charge in [-0.2, -0.15) is 5.10 Å². The first-order valence-electron chi connectivity index (χ1n) is 10.8. The van der Waals surface area contributed by atoms with Crippen molar-refractivity contribution in [3.63, 3.8) is 0 Å². The van der Waals surface area contributed by atoms with Gasteiger partial charge < -0.3 is 14.4 Å². The second kappa shape index (κ2) is 8.62. The Bertz CT molecular complexity index is 1150. The van der Waals surface area contributed by atoms with Gasteiger partial charge in [-0.3, -0.25) is 14.4 Å². The van der Waals surface area contributed by atoms with Gasteiger partial charge in [-0.1, -0.05) is 18.2 Å². The maximum absolute atomic E-state index is 13.5. The minimum Gasteiger partial charge on any atom is -0.454 e. The van der Waals surface area contributed by atoms with Crippen LogP contribution < -0.4 is 9.64 Å². The van der Waals surface area contributed by atoms with Crippen LogP contribution in [0.4, 0.5) is 5.69 Å². The van der Waals surface area contributed by atoms with Crippen molar-refractivity contribution in [3.05, 3.63) is 66.2 Å². The van der Waals surface area contributed by atoms with Crippen molar-refractivity contribution >= 4 is 17.6 Å². The third-order valence-corrected chi connectivity index (χ3v) is 6.06. The molecule has 10 heteroatoms. The normalized spacial score (nSPS) is 22.8. The lowest BCUT2D eigenvalue weighted by Crippen LogP contribution is -2.40. The molecule has 0 saturated carbocycles. The molecule has 1 saturated heterocycles. The van der Waals surface area contributed by atoms with Crippen molar-refractivity contribution in [2.24, 2.45) is 0 Å². The number of nitrogens with zero attached hydrogens (tertiary/aromatic N) is 6. The molecule has 170 valence electrons. The van der Waals surface area contributed by atoms with Gasteiger partial charge in [-0.15, -0.1) is 0 Å². The van der Waals surface area contributed by atoms with Gasteiger partial charge in [-0.05, 0) is 32.2 Å². The first-order chi connectivity index (χ1) is 16.0. The van der Waals surface area contributed by atoms with Gasteiger partial charge in [0.1, 0.15) is 0 Å². The van der Waals surface area contributed by atoms with E-state index < -0.39 is 18.2 Å². The van der Waals surface area contributed by atoms with Crippen molar-refractivity contribution in [3.8, 4) is 6.01 Å². The smallest absolute Gasteiger partial charge is 0.339 e. The summed E-state index contributed by atoms with van der Waals surface area (Å²) in [6.45, 7) is 3.70. The number of hydrogen-bond acceptors (Lipinski definition) is 8. The van der Waals surface area contributed by atoms with Gasteiger partial charge in [-0.25, -0.2) is 14.8 Å². The molecule has 1 aromatic carbocycles. The summed E-state index contributed by atoms with van der Waals surface area (Å²) in [7, 11) is 2.04. The Morgan fingerprint density at radius 3 is 2.61 bits per heavy atom. The fraction of sp³-hybridized carbons (Fsp3) is 0.348. The second-order valence-electron chi connectivity index (χ2n) is 8.25. The van der Waals surface area contributed by atoms with Gasteiger partial charge in [0, 0.05) is 25.0 Å². The molecule has 5 rings (SSSR count). The van der Waals surface area contributed by atoms with Gasteiger partial charge in [0.25, 0.3) is 5.91 Å². The highest BCUT2D eigenvalue weighted by atomic mass is 16.6. The van der Waals surface area contributed by atoms with Crippen LogP contribution in [0.2, 0.25) is 0 Å². The Morgan fingerprint density at radius 1 is 1.09 bits per heavy atom. The number of rotatable bonds is 5. The topological polar surface area (TPSA) is 103 Å². The van der Waals surface area contributed by atoms with Crippen LogP contribution in [0.5, 0.6) is 6.01 Å². The van der Waals surface area contributed by atoms with E-state index in [1.54, 1.807) is 59.9 Å². The fourth-order valence-corrected chi connectivity index (χ4v) is 4.09. The van der Waals surface area contributed by atoms with Gasteiger partial charge >= 0.3 is 12.0 Å². The first kappa shape index (κ1) is 21.1. The molecule has 0 unspecified atom stereocenters. The van der Waals surface area contributed by atoms with E-state index >= 15 is 0 Å². The van der Waals surface area contributed by atoms with Crippen molar-refractivity contribution in [1.82, 2.24) is 24.6 Å². The molecule has 2 aromatic heterocycles. The summed E-state index contributed by atoms with van der Waals surface area (Å²) in [5, 5.41) is 4.49. The number of ether oxygens (including phenoxy) is 2. The molecular formula is C23H24N6O4. The van der Waals surface area contributed by atoms with Crippen LogP contribution in [0, 0.1) is 0 Å². The summed E-state index contributed by atoms with van der Waals surface area (Å²) in [6.07, 6.45) is 2.87. The molecule has 0 spiro atoms. The van der Waals surface area contributed by atoms with E-state index in [1.165, 1.54) is 0 Å². The largest absolute Gasteiger partial charge is 0.454 e. The number of carbonyl (C=O) groups is 2. The maximum atomic E-state index is 13.5. The number of aromatic nitrogens is 4. The maximum Gasteiger partial charge on any atom is 0.339 e. The van der Waals surface area contributed by atoms with Gasteiger partial charge in [0.2, 0.25) is 6.10 Å². The Kier molecular flexibility index (Phi) is 5.51. The number of fused-ring (bicyclic) bond motifs is 1. The molecular weight excluding hydrogens is 424 g/mol. The van der Waals surface area contributed by atoms with E-state index in [-0.39, 0.29) is 18.5 Å². The molecule has 1 fully saturated rings. The lowest BCUT2D eigenvalue weighted by atomic mass is 10.2. The zero-order valence-corrected chi connectivity index (χ0v) is 18.4. The highest BCUT2D eigenvalue weighted by Crippen LogP contribution is 2.31. The molecule has 3 atom stereocenters. The van der Waals surface area contributed by atoms with Crippen LogP contribution in [0.15, 0.2) is 55.0 Å². The van der Waals surface area contributed by atoms with E-state index in [0.717, 1.165) is 12.2 Å². The lowest BCUT2D eigenvalue weighted by Gasteiger charge is -2.31. The lowest BCUT2D eigenvalue weighted by molar-refractivity contribution is -0.127. The Labute approximate surface area is 190 Å². The van der Waals surface area contributed by atoms with Crippen LogP contribution in [-0.4, -0.2) is 68.4 Å². The number of carbonyl (C=O) groups excluding carboxylic acids is 2. The fourth-order valence-electron chi connectivity index (χ4n) is 4.09. The number of hydrogen-bond donors (Lipinski definition) is 0. The van der Waals surface area contributed by atoms with E-state index in [0.29, 0.717) is 23.8 Å². The molecule has 0 aliphatic carbocycles. The summed E-state index contributed by atoms with van der Waals surface area (Å²) in [5.74, 6) is -0.957. The van der Waals surface area contributed by atoms with Crippen LogP contribution >= 0.6 is 0 Å². The molecule has 2 aliphatic heterocycles. The highest BCUT2D eigenvalue weighted by molar-refractivity contribution is 6.02. The standard InChI is InChI=1S/C23H24N6O4/c1-15-12-29-18(13-27(15)2)17(11-26-29)28-14-19(32-23-24-9-6-10-25-23)20(21(28)30)33-22(31)16-7-4-3-5-8-16/h3-11,15,19-20H,12-14H2,1-2H3/t15-,19+,20-/m0/s1. The minimum absolute atomic E-state index is 0.114. The molecule has 0 N–H and O–H groups in total. The zero-order valence-electron chi connectivity index (χ0n) is 18.4. The third kappa shape index (κ3) is 4.05. The summed E-state index contributed by atoms with van der Waals surface area (Å²) >= 11 is 0. The van der Waals surface area contributed by atoms with E-state index in [2.05, 4.69) is 26.9 Å². The predicted octanol–water partition coefficient (Wildman–Crippen LogP) is 1.53. The van der Waals surface area contributed by atoms with Crippen molar-refractivity contribution in [1.29, 1.82) is 0 Å². The molecule has 1 amide bonds. The molecule has 0 radical (unpaired) electrons. The Balaban J connectivity index is 1.44. The van der Waals surface area contributed by atoms with Gasteiger partial charge in [0.15, 0.2) is 6.10 Å². The number of amides is 1. The molecule has 10 nitrogen and oxygen atoms in total. The summed E-state index contributed by atoms with van der Waals surface area (Å²) in [6, 6.07) is 10.7. The molecule has 33 heavy (non-hydrogen) atoms. The van der Waals surface area contributed by atoms with Gasteiger partial charge in [0.05, 0.1) is 36.2 Å². The Hall–Kier alpha value is -3.79. The van der Waals surface area contributed by atoms with Crippen LogP contribution in [0.25, 0.3) is 0 Å². The monoisotopic (exact) mass is 448 g/mol. The predicted molar refractivity (Wildman–Crippen MR) is 118 cm³/mol. The molecule has 4 heterocycles. The quantitative estimate of drug-likeness (QED) is 0.542. The van der Waals surface area contributed by atoms with E-state index in [1.807, 2.05) is 11.7 Å². The highest BCUT2D eigenvalue weighted by Gasteiger charge is 2.47. The van der Waals surface area contributed by atoms with Crippen LogP contribution in [0.3, 0.4) is 0 Å². The second-order valence-corrected chi connectivity index (χ2v) is 8.25. The van der Waals surface area contributed by atoms with E-state index in [4.69, 9.17) is 9.47 Å². The summed E-state index contributed by atoms with van der Waals surface area (Å²) < 4.78 is 13.5. The first-order valence-corrected chi connectivity index (χ1v) is 10.8. The number of esters is 1. The number of benzene rings is 1. The summed E-state index contributed by atoms with van der Waals surface area (Å²) in [4.78, 5) is 38.2. The number of likely N-dealkylation sites (N-methyl/N-ethyl adjacent to an activating group) is 1. The SMILES string of the molecule is C[C@H]1Cn2ncc(N3C[C@@H](Oc4ncccn4)[C@H](OC(=O)c4ccccc4)C3=O)c2CN1C. The third-order valence-electron chi connectivity index (χ3n) is 6.06. The Morgan fingerprint density at radius 2 is 1.85 bits per heavy atom. The molecule has 2 aliphatic rings. The average Bonchev–Trinajstić information content (AvgIpc) is 3.36. The number of anilines is 1. The van der Waals surface area contributed by atoms with Crippen molar-refractivity contribution < 1.29 is 19.1 Å². The van der Waals surface area contributed by atoms with E-state index in [9.17, 15) is 9.59 Å². The minimum atomic E-state index is -1.14. The van der Waals surface area contributed by atoms with Crippen molar-refractivity contribution in [2.75, 3.05) is 18.5 Å². The van der Waals surface area contributed by atoms with Crippen LogP contribution in [0.1, 0.15) is 23.0 Å². The zero-order chi connectivity index (χ0) is 22.9. The molecule has 3 aromatic rings. The van der Waals surface area contributed by atoms with Crippen molar-refractivity contribution in [2.45, 2.75) is 38.3 Å². The van der Waals surface area contributed by atoms with Crippen LogP contribution in [-0.2, 0) is 22.6 Å². The average molecular weight is 448 g/mol. The summed E-state index contributed by atoms with van der Waals surface area (Å²) in [5.41, 5.74) is 1.99. The molecule has 0 bridgehead atoms.